The standard InChI is InChI=1S/C23H21NO2/c1-15-20-12-22(25-2)23(26-3)13-21(20)19(14-24-15)11-16-8-9-17-6-4-5-7-18(17)10-16/h4-10,12-14H,11H2,1-3H3. The Morgan fingerprint density at radius 3 is 2.23 bits per heavy atom. The number of pyridine rings is 1. The molecule has 3 aromatic carbocycles. The molecule has 0 saturated heterocycles. The van der Waals surface area contributed by atoms with Gasteiger partial charge < -0.3 is 9.47 Å². The van der Waals surface area contributed by atoms with E-state index in [0.717, 1.165) is 34.4 Å². The second kappa shape index (κ2) is 6.68. The molecule has 1 heterocycles. The molecule has 0 aliphatic heterocycles. The van der Waals surface area contributed by atoms with Gasteiger partial charge in [-0.25, -0.2) is 0 Å². The first-order chi connectivity index (χ1) is 12.7. The van der Waals surface area contributed by atoms with Crippen LogP contribution in [0.2, 0.25) is 0 Å². The molecule has 3 nitrogen and oxygen atoms in total. The first-order valence-electron chi connectivity index (χ1n) is 8.67. The summed E-state index contributed by atoms with van der Waals surface area (Å²) in [5, 5.41) is 4.77. The third kappa shape index (κ3) is 2.86. The lowest BCUT2D eigenvalue weighted by molar-refractivity contribution is 0.356. The summed E-state index contributed by atoms with van der Waals surface area (Å²) in [6, 6.07) is 19.1. The first kappa shape index (κ1) is 16.4. The summed E-state index contributed by atoms with van der Waals surface area (Å²) in [7, 11) is 3.33. The summed E-state index contributed by atoms with van der Waals surface area (Å²) >= 11 is 0. The van der Waals surface area contributed by atoms with Crippen LogP contribution in [0.4, 0.5) is 0 Å². The Kier molecular flexibility index (Phi) is 4.21. The van der Waals surface area contributed by atoms with E-state index in [1.54, 1.807) is 14.2 Å². The van der Waals surface area contributed by atoms with Crippen molar-refractivity contribution in [3.05, 3.63) is 77.6 Å². The summed E-state index contributed by atoms with van der Waals surface area (Å²) in [4.78, 5) is 4.60. The lowest BCUT2D eigenvalue weighted by Gasteiger charge is -2.13. The average molecular weight is 343 g/mol. The Balaban J connectivity index is 1.83. The fourth-order valence-corrected chi connectivity index (χ4v) is 3.47. The van der Waals surface area contributed by atoms with Crippen molar-refractivity contribution in [1.29, 1.82) is 0 Å². The highest BCUT2D eigenvalue weighted by Crippen LogP contribution is 2.35. The maximum atomic E-state index is 5.50. The summed E-state index contributed by atoms with van der Waals surface area (Å²) < 4.78 is 11.0. The van der Waals surface area contributed by atoms with Crippen LogP contribution in [0.1, 0.15) is 16.8 Å². The predicted octanol–water partition coefficient (Wildman–Crippen LogP) is 5.30. The Bertz CT molecular complexity index is 1100. The smallest absolute Gasteiger partial charge is 0.161 e. The quantitative estimate of drug-likeness (QED) is 0.503. The highest BCUT2D eigenvalue weighted by Gasteiger charge is 2.12. The molecule has 0 atom stereocenters. The lowest BCUT2D eigenvalue weighted by Crippen LogP contribution is -1.97. The molecule has 0 unspecified atom stereocenters. The van der Waals surface area contributed by atoms with Gasteiger partial charge in [-0.3, -0.25) is 4.98 Å². The van der Waals surface area contributed by atoms with Gasteiger partial charge in [-0.15, -0.1) is 0 Å². The topological polar surface area (TPSA) is 31.4 Å². The van der Waals surface area contributed by atoms with Crippen molar-refractivity contribution in [2.24, 2.45) is 0 Å². The number of hydrogen-bond donors (Lipinski definition) is 0. The van der Waals surface area contributed by atoms with Crippen LogP contribution < -0.4 is 9.47 Å². The molecule has 0 saturated carbocycles. The number of methoxy groups -OCH3 is 2. The minimum atomic E-state index is 0.729. The normalized spacial score (nSPS) is 11.0. The molecule has 4 rings (SSSR count). The molecule has 0 N–H and O–H groups in total. The molecule has 0 fully saturated rings. The van der Waals surface area contributed by atoms with Crippen LogP contribution in [0.3, 0.4) is 0 Å². The van der Waals surface area contributed by atoms with Crippen LogP contribution in [-0.4, -0.2) is 19.2 Å². The zero-order valence-electron chi connectivity index (χ0n) is 15.2. The van der Waals surface area contributed by atoms with Crippen LogP contribution in [0.5, 0.6) is 11.5 Å². The van der Waals surface area contributed by atoms with Crippen molar-refractivity contribution in [1.82, 2.24) is 4.98 Å². The molecule has 0 spiro atoms. The van der Waals surface area contributed by atoms with Crippen molar-refractivity contribution < 1.29 is 9.47 Å². The molecule has 0 radical (unpaired) electrons. The number of nitrogens with zero attached hydrogens (tertiary/aromatic N) is 1. The molecule has 3 heteroatoms. The van der Waals surface area contributed by atoms with Gasteiger partial charge in [0.05, 0.1) is 14.2 Å². The third-order valence-electron chi connectivity index (χ3n) is 4.88. The third-order valence-corrected chi connectivity index (χ3v) is 4.88. The number of rotatable bonds is 4. The largest absolute Gasteiger partial charge is 0.493 e. The summed E-state index contributed by atoms with van der Waals surface area (Å²) in [5.41, 5.74) is 3.44. The van der Waals surface area contributed by atoms with Crippen molar-refractivity contribution in [2.75, 3.05) is 14.2 Å². The minimum absolute atomic E-state index is 0.729. The monoisotopic (exact) mass is 343 g/mol. The van der Waals surface area contributed by atoms with E-state index in [9.17, 15) is 0 Å². The minimum Gasteiger partial charge on any atom is -0.493 e. The molecule has 0 aliphatic carbocycles. The maximum absolute atomic E-state index is 5.50. The van der Waals surface area contributed by atoms with Crippen LogP contribution in [0, 0.1) is 6.92 Å². The number of benzene rings is 3. The molecule has 1 aromatic heterocycles. The van der Waals surface area contributed by atoms with Gasteiger partial charge in [0.25, 0.3) is 0 Å². The Labute approximate surface area is 153 Å². The second-order valence-electron chi connectivity index (χ2n) is 6.48. The van der Waals surface area contributed by atoms with Crippen LogP contribution in [0.15, 0.2) is 60.8 Å². The number of hydrogen-bond acceptors (Lipinski definition) is 3. The molecular formula is C23H21NO2. The summed E-state index contributed by atoms with van der Waals surface area (Å²) in [5.74, 6) is 1.47. The SMILES string of the molecule is COc1cc2c(Cc3ccc4ccccc4c3)cnc(C)c2cc1OC. The molecule has 0 amide bonds. The molecule has 0 bridgehead atoms. The Hall–Kier alpha value is -3.07. The highest BCUT2D eigenvalue weighted by molar-refractivity contribution is 5.91. The maximum Gasteiger partial charge on any atom is 0.161 e. The summed E-state index contributed by atoms with van der Waals surface area (Å²) in [6.07, 6.45) is 2.79. The fourth-order valence-electron chi connectivity index (χ4n) is 3.47. The van der Waals surface area contributed by atoms with Crippen LogP contribution in [-0.2, 0) is 6.42 Å². The average Bonchev–Trinajstić information content (AvgIpc) is 2.69. The van der Waals surface area contributed by atoms with E-state index in [4.69, 9.17) is 9.47 Å². The summed E-state index contributed by atoms with van der Waals surface area (Å²) in [6.45, 7) is 2.02. The van der Waals surface area contributed by atoms with E-state index in [1.165, 1.54) is 21.9 Å². The van der Waals surface area contributed by atoms with Gasteiger partial charge in [0.15, 0.2) is 11.5 Å². The fraction of sp³-hybridized carbons (Fsp3) is 0.174. The van der Waals surface area contributed by atoms with Gasteiger partial charge in [0.2, 0.25) is 0 Å². The second-order valence-corrected chi connectivity index (χ2v) is 6.48. The van der Waals surface area contributed by atoms with E-state index < -0.39 is 0 Å². The zero-order chi connectivity index (χ0) is 18.1. The number of aromatic nitrogens is 1. The van der Waals surface area contributed by atoms with Crippen LogP contribution in [0.25, 0.3) is 21.5 Å². The van der Waals surface area contributed by atoms with E-state index in [-0.39, 0.29) is 0 Å². The molecular weight excluding hydrogens is 322 g/mol. The van der Waals surface area contributed by atoms with Gasteiger partial charge in [-0.05, 0) is 52.8 Å². The Morgan fingerprint density at radius 2 is 1.50 bits per heavy atom. The molecule has 4 aromatic rings. The van der Waals surface area contributed by atoms with Crippen molar-refractivity contribution in [3.8, 4) is 11.5 Å². The van der Waals surface area contributed by atoms with E-state index in [1.807, 2.05) is 19.2 Å². The van der Waals surface area contributed by atoms with Gasteiger partial charge in [-0.2, -0.15) is 0 Å². The lowest BCUT2D eigenvalue weighted by atomic mass is 9.97. The zero-order valence-corrected chi connectivity index (χ0v) is 15.2. The number of ether oxygens (including phenoxy) is 2. The van der Waals surface area contributed by atoms with Crippen molar-refractivity contribution >= 4 is 21.5 Å². The number of fused-ring (bicyclic) bond motifs is 2. The van der Waals surface area contributed by atoms with Gasteiger partial charge >= 0.3 is 0 Å². The van der Waals surface area contributed by atoms with E-state index >= 15 is 0 Å². The number of aryl methyl sites for hydroxylation is 1. The first-order valence-corrected chi connectivity index (χ1v) is 8.67. The molecule has 26 heavy (non-hydrogen) atoms. The van der Waals surface area contributed by atoms with Crippen molar-refractivity contribution in [2.45, 2.75) is 13.3 Å². The molecule has 130 valence electrons. The van der Waals surface area contributed by atoms with E-state index in [2.05, 4.69) is 53.5 Å². The predicted molar refractivity (Wildman–Crippen MR) is 106 cm³/mol. The molecule has 0 aliphatic rings. The Morgan fingerprint density at radius 1 is 0.808 bits per heavy atom. The van der Waals surface area contributed by atoms with E-state index in [0.29, 0.717) is 0 Å². The van der Waals surface area contributed by atoms with Gasteiger partial charge in [0, 0.05) is 17.3 Å². The van der Waals surface area contributed by atoms with Crippen molar-refractivity contribution in [3.63, 3.8) is 0 Å². The highest BCUT2D eigenvalue weighted by atomic mass is 16.5. The van der Waals surface area contributed by atoms with Gasteiger partial charge in [0.1, 0.15) is 0 Å². The van der Waals surface area contributed by atoms with Gasteiger partial charge in [-0.1, -0.05) is 42.5 Å². The van der Waals surface area contributed by atoms with Crippen LogP contribution >= 0.6 is 0 Å².